The number of fused-ring (bicyclic) bond motifs is 1. The lowest BCUT2D eigenvalue weighted by Crippen LogP contribution is -2.39. The number of nitrogens with one attached hydrogen (secondary N) is 2. The molecular formula is C23H29N5O2S. The number of pyridine rings is 1. The summed E-state index contributed by atoms with van der Waals surface area (Å²) in [6.07, 6.45) is 9.23. The SMILES string of the molecule is Cc1nc(CC(=O)N2CCC(CCCCNC(=O)c3cc4cnccc4[nH]3)CC2)cs1. The summed E-state index contributed by atoms with van der Waals surface area (Å²) in [5, 5.41) is 6.93. The lowest BCUT2D eigenvalue weighted by Gasteiger charge is -2.32. The van der Waals surface area contributed by atoms with Crippen LogP contribution in [0, 0.1) is 12.8 Å². The average Bonchev–Trinajstić information content (AvgIpc) is 3.39. The number of aromatic amines is 1. The molecule has 1 aliphatic rings. The first-order valence-electron chi connectivity index (χ1n) is 11.0. The van der Waals surface area contributed by atoms with Crippen molar-refractivity contribution < 1.29 is 9.59 Å². The quantitative estimate of drug-likeness (QED) is 0.524. The van der Waals surface area contributed by atoms with Gasteiger partial charge in [-0.05, 0) is 44.2 Å². The van der Waals surface area contributed by atoms with Crippen LogP contribution >= 0.6 is 11.3 Å². The Balaban J connectivity index is 1.10. The van der Waals surface area contributed by atoms with Gasteiger partial charge >= 0.3 is 0 Å². The van der Waals surface area contributed by atoms with E-state index in [2.05, 4.69) is 20.3 Å². The smallest absolute Gasteiger partial charge is 0.267 e. The van der Waals surface area contributed by atoms with E-state index in [0.29, 0.717) is 24.6 Å². The lowest BCUT2D eigenvalue weighted by molar-refractivity contribution is -0.131. The Hall–Kier alpha value is -2.74. The molecule has 2 N–H and O–H groups in total. The molecule has 3 aromatic heterocycles. The molecular weight excluding hydrogens is 410 g/mol. The minimum atomic E-state index is -0.0710. The molecule has 0 aromatic carbocycles. The first-order valence-corrected chi connectivity index (χ1v) is 11.9. The summed E-state index contributed by atoms with van der Waals surface area (Å²) in [6, 6.07) is 3.70. The van der Waals surface area contributed by atoms with Crippen molar-refractivity contribution in [2.75, 3.05) is 19.6 Å². The van der Waals surface area contributed by atoms with Gasteiger partial charge in [-0.3, -0.25) is 14.6 Å². The Bertz CT molecular complexity index is 1000. The van der Waals surface area contributed by atoms with Crippen LogP contribution in [-0.4, -0.2) is 51.3 Å². The van der Waals surface area contributed by atoms with E-state index in [9.17, 15) is 9.59 Å². The van der Waals surface area contributed by atoms with Crippen LogP contribution in [0.25, 0.3) is 10.9 Å². The molecule has 1 saturated heterocycles. The van der Waals surface area contributed by atoms with Crippen molar-refractivity contribution in [1.82, 2.24) is 25.2 Å². The fraction of sp³-hybridized carbons (Fsp3) is 0.478. The fourth-order valence-electron chi connectivity index (χ4n) is 4.18. The van der Waals surface area contributed by atoms with Crippen LogP contribution in [0.1, 0.15) is 53.3 Å². The maximum absolute atomic E-state index is 12.5. The van der Waals surface area contributed by atoms with E-state index in [1.807, 2.05) is 29.3 Å². The van der Waals surface area contributed by atoms with Crippen LogP contribution in [-0.2, 0) is 11.2 Å². The fourth-order valence-corrected chi connectivity index (χ4v) is 4.79. The summed E-state index contributed by atoms with van der Waals surface area (Å²) < 4.78 is 0. The monoisotopic (exact) mass is 439 g/mol. The summed E-state index contributed by atoms with van der Waals surface area (Å²) in [5.41, 5.74) is 2.39. The minimum absolute atomic E-state index is 0.0710. The predicted octanol–water partition coefficient (Wildman–Crippen LogP) is 3.71. The maximum atomic E-state index is 12.5. The molecule has 4 heterocycles. The Morgan fingerprint density at radius 1 is 1.29 bits per heavy atom. The Morgan fingerprint density at radius 3 is 2.87 bits per heavy atom. The van der Waals surface area contributed by atoms with Crippen LogP contribution in [0.3, 0.4) is 0 Å². The number of aryl methyl sites for hydroxylation is 1. The number of carbonyl (C=O) groups is 2. The second kappa shape index (κ2) is 10.0. The summed E-state index contributed by atoms with van der Waals surface area (Å²) in [4.78, 5) is 38.4. The molecule has 0 bridgehead atoms. The normalized spacial score (nSPS) is 14.8. The van der Waals surface area contributed by atoms with Gasteiger partial charge in [0.05, 0.1) is 17.1 Å². The van der Waals surface area contributed by atoms with E-state index in [4.69, 9.17) is 0 Å². The number of unbranched alkanes of at least 4 members (excludes halogenated alkanes) is 1. The van der Waals surface area contributed by atoms with Crippen molar-refractivity contribution in [2.45, 2.75) is 45.4 Å². The highest BCUT2D eigenvalue weighted by atomic mass is 32.1. The van der Waals surface area contributed by atoms with Gasteiger partial charge in [0, 0.05) is 48.3 Å². The van der Waals surface area contributed by atoms with Crippen molar-refractivity contribution in [3.8, 4) is 0 Å². The first kappa shape index (κ1) is 21.5. The molecule has 3 aromatic rings. The van der Waals surface area contributed by atoms with Gasteiger partial charge in [-0.15, -0.1) is 11.3 Å². The zero-order chi connectivity index (χ0) is 21.6. The Kier molecular flexibility index (Phi) is 6.96. The van der Waals surface area contributed by atoms with E-state index in [-0.39, 0.29) is 11.8 Å². The molecule has 0 saturated carbocycles. The molecule has 8 heteroatoms. The van der Waals surface area contributed by atoms with Gasteiger partial charge < -0.3 is 15.2 Å². The number of amides is 2. The molecule has 0 radical (unpaired) electrons. The molecule has 0 atom stereocenters. The molecule has 164 valence electrons. The van der Waals surface area contributed by atoms with Crippen LogP contribution in [0.5, 0.6) is 0 Å². The number of aromatic nitrogens is 3. The van der Waals surface area contributed by atoms with Gasteiger partial charge in [-0.1, -0.05) is 12.8 Å². The highest BCUT2D eigenvalue weighted by molar-refractivity contribution is 7.09. The standard InChI is InChI=1S/C23H29N5O2S/c1-16-26-19(15-31-16)13-22(29)28-10-6-17(7-11-28)4-2-3-8-25-23(30)21-12-18-14-24-9-5-20(18)27-21/h5,9,12,14-15,17,27H,2-4,6-8,10-11,13H2,1H3,(H,25,30). The summed E-state index contributed by atoms with van der Waals surface area (Å²) in [7, 11) is 0. The van der Waals surface area contributed by atoms with Crippen LogP contribution < -0.4 is 5.32 Å². The molecule has 1 fully saturated rings. The zero-order valence-electron chi connectivity index (χ0n) is 17.9. The molecule has 0 aliphatic carbocycles. The van der Waals surface area contributed by atoms with Crippen LogP contribution in [0.2, 0.25) is 0 Å². The van der Waals surface area contributed by atoms with E-state index in [1.165, 1.54) is 0 Å². The predicted molar refractivity (Wildman–Crippen MR) is 122 cm³/mol. The van der Waals surface area contributed by atoms with Crippen molar-refractivity contribution in [3.63, 3.8) is 0 Å². The summed E-state index contributed by atoms with van der Waals surface area (Å²) in [6.45, 7) is 4.34. The van der Waals surface area contributed by atoms with Gasteiger partial charge in [0.2, 0.25) is 5.91 Å². The number of hydrogen-bond acceptors (Lipinski definition) is 5. The van der Waals surface area contributed by atoms with Crippen LogP contribution in [0.4, 0.5) is 0 Å². The molecule has 4 rings (SSSR count). The highest BCUT2D eigenvalue weighted by Gasteiger charge is 2.23. The number of nitrogens with zero attached hydrogens (tertiary/aromatic N) is 3. The third-order valence-electron chi connectivity index (χ3n) is 5.96. The van der Waals surface area contributed by atoms with Gasteiger partial charge in [0.1, 0.15) is 5.69 Å². The third-order valence-corrected chi connectivity index (χ3v) is 6.78. The number of H-pyrrole nitrogens is 1. The van der Waals surface area contributed by atoms with E-state index >= 15 is 0 Å². The van der Waals surface area contributed by atoms with E-state index in [0.717, 1.165) is 66.8 Å². The number of hydrogen-bond donors (Lipinski definition) is 2. The molecule has 7 nitrogen and oxygen atoms in total. The van der Waals surface area contributed by atoms with Crippen molar-refractivity contribution in [2.24, 2.45) is 5.92 Å². The number of rotatable bonds is 8. The maximum Gasteiger partial charge on any atom is 0.267 e. The second-order valence-electron chi connectivity index (χ2n) is 8.26. The van der Waals surface area contributed by atoms with Gasteiger partial charge in [0.15, 0.2) is 0 Å². The van der Waals surface area contributed by atoms with Gasteiger partial charge in [0.25, 0.3) is 5.91 Å². The Labute approximate surface area is 186 Å². The van der Waals surface area contributed by atoms with E-state index < -0.39 is 0 Å². The van der Waals surface area contributed by atoms with E-state index in [1.54, 1.807) is 23.7 Å². The number of likely N-dealkylation sites (tertiary alicyclic amines) is 1. The Morgan fingerprint density at radius 2 is 2.13 bits per heavy atom. The first-order chi connectivity index (χ1) is 15.1. The number of piperidine rings is 1. The van der Waals surface area contributed by atoms with Gasteiger partial charge in [-0.2, -0.15) is 0 Å². The molecule has 31 heavy (non-hydrogen) atoms. The van der Waals surface area contributed by atoms with Crippen molar-refractivity contribution in [1.29, 1.82) is 0 Å². The number of thiazole rings is 1. The van der Waals surface area contributed by atoms with Crippen LogP contribution in [0.15, 0.2) is 29.9 Å². The summed E-state index contributed by atoms with van der Waals surface area (Å²) in [5.74, 6) is 0.792. The lowest BCUT2D eigenvalue weighted by atomic mass is 9.91. The number of carbonyl (C=O) groups excluding carboxylic acids is 2. The zero-order valence-corrected chi connectivity index (χ0v) is 18.7. The molecule has 2 amide bonds. The molecule has 1 aliphatic heterocycles. The largest absolute Gasteiger partial charge is 0.351 e. The molecule has 0 unspecified atom stereocenters. The topological polar surface area (TPSA) is 91.0 Å². The van der Waals surface area contributed by atoms with Gasteiger partial charge in [-0.25, -0.2) is 4.98 Å². The third kappa shape index (κ3) is 5.70. The average molecular weight is 440 g/mol. The minimum Gasteiger partial charge on any atom is -0.351 e. The molecule has 0 spiro atoms. The summed E-state index contributed by atoms with van der Waals surface area (Å²) >= 11 is 1.60. The highest BCUT2D eigenvalue weighted by Crippen LogP contribution is 2.23. The van der Waals surface area contributed by atoms with Crippen molar-refractivity contribution >= 4 is 34.1 Å². The van der Waals surface area contributed by atoms with Crippen molar-refractivity contribution in [3.05, 3.63) is 46.3 Å². The second-order valence-corrected chi connectivity index (χ2v) is 9.32.